The van der Waals surface area contributed by atoms with Gasteiger partial charge in [-0.1, -0.05) is 66.7 Å². The highest BCUT2D eigenvalue weighted by Gasteiger charge is 2.75. The molecule has 1 spiro atoms. The van der Waals surface area contributed by atoms with Crippen molar-refractivity contribution in [2.45, 2.75) is 36.6 Å². The Balaban J connectivity index is 1.49. The second-order valence-electron chi connectivity index (χ2n) is 10.5. The van der Waals surface area contributed by atoms with E-state index in [0.717, 1.165) is 10.8 Å². The summed E-state index contributed by atoms with van der Waals surface area (Å²) >= 11 is 0. The number of rotatable bonds is 8. The standard InChI is InChI=1S/C31H30N2O6/c1-2-16-32(22-13-12-19-8-6-7-11-21(19)17-22)29(36)27-31-15-14-24(39-31)25(30(37)38)26(31)28(35)33(27)23(18-34)20-9-4-3-5-10-20/h2-13,17,23-27,34H,1,14-16,18H2,(H,37,38)/t23-,24-,25+,26+,27-,31+/m1/s1. The zero-order chi connectivity index (χ0) is 27.3. The lowest BCUT2D eigenvalue weighted by atomic mass is 9.70. The second kappa shape index (κ2) is 9.63. The number of hydrogen-bond donors (Lipinski definition) is 2. The fraction of sp³-hybridized carbons (Fsp3) is 0.323. The molecule has 6 rings (SSSR count). The number of ether oxygens (including phenoxy) is 1. The molecule has 0 saturated carbocycles. The molecular formula is C31H30N2O6. The Hall–Kier alpha value is -4.01. The number of aliphatic hydroxyl groups excluding tert-OH is 1. The SMILES string of the molecule is C=CCN(C(=O)[C@H]1N([C@H](CO)c2ccccc2)C(=O)[C@@H]2[C@@H](C(=O)O)[C@H]3CC[C@]21O3)c1ccc2ccccc2c1. The zero-order valence-electron chi connectivity index (χ0n) is 21.3. The number of likely N-dealkylation sites (tertiary alicyclic amines) is 1. The number of aliphatic carboxylic acids is 1. The Kier molecular flexibility index (Phi) is 6.24. The highest BCUT2D eigenvalue weighted by Crippen LogP contribution is 2.60. The van der Waals surface area contributed by atoms with Crippen LogP contribution in [0, 0.1) is 11.8 Å². The van der Waals surface area contributed by atoms with Gasteiger partial charge in [-0.05, 0) is 41.3 Å². The summed E-state index contributed by atoms with van der Waals surface area (Å²) in [6.45, 7) is 3.60. The van der Waals surface area contributed by atoms with Crippen LogP contribution in [0.3, 0.4) is 0 Å². The molecule has 3 fully saturated rings. The molecule has 2 bridgehead atoms. The van der Waals surface area contributed by atoms with Gasteiger partial charge in [0.2, 0.25) is 5.91 Å². The molecule has 2 amide bonds. The Morgan fingerprint density at radius 2 is 1.82 bits per heavy atom. The van der Waals surface area contributed by atoms with E-state index in [0.29, 0.717) is 24.1 Å². The number of aliphatic hydroxyl groups is 1. The van der Waals surface area contributed by atoms with Crippen molar-refractivity contribution in [3.8, 4) is 0 Å². The Labute approximate surface area is 226 Å². The zero-order valence-corrected chi connectivity index (χ0v) is 21.3. The van der Waals surface area contributed by atoms with Crippen molar-refractivity contribution in [2.75, 3.05) is 18.1 Å². The third-order valence-corrected chi connectivity index (χ3v) is 8.57. The fourth-order valence-corrected chi connectivity index (χ4v) is 6.96. The lowest BCUT2D eigenvalue weighted by Crippen LogP contribution is -2.57. The van der Waals surface area contributed by atoms with Crippen LogP contribution in [0.2, 0.25) is 0 Å². The molecule has 3 saturated heterocycles. The van der Waals surface area contributed by atoms with E-state index in [2.05, 4.69) is 6.58 Å². The van der Waals surface area contributed by atoms with E-state index in [1.54, 1.807) is 35.2 Å². The molecule has 0 unspecified atom stereocenters. The maximum Gasteiger partial charge on any atom is 0.310 e. The van der Waals surface area contributed by atoms with Gasteiger partial charge in [0.1, 0.15) is 11.6 Å². The molecule has 2 N–H and O–H groups in total. The first-order chi connectivity index (χ1) is 18.9. The number of carboxylic acid groups (broad SMARTS) is 1. The molecule has 0 aliphatic carbocycles. The third-order valence-electron chi connectivity index (χ3n) is 8.57. The van der Waals surface area contributed by atoms with Gasteiger partial charge in [0.15, 0.2) is 0 Å². The Morgan fingerprint density at radius 3 is 2.51 bits per heavy atom. The van der Waals surface area contributed by atoms with Gasteiger partial charge in [0, 0.05) is 12.2 Å². The van der Waals surface area contributed by atoms with Crippen LogP contribution in [-0.4, -0.2) is 63.8 Å². The smallest absolute Gasteiger partial charge is 0.310 e. The predicted octanol–water partition coefficient (Wildman–Crippen LogP) is 3.55. The number of hydrogen-bond acceptors (Lipinski definition) is 5. The lowest BCUT2D eigenvalue weighted by Gasteiger charge is -2.39. The van der Waals surface area contributed by atoms with Crippen LogP contribution < -0.4 is 4.90 Å². The van der Waals surface area contributed by atoms with Crippen LogP contribution in [0.4, 0.5) is 5.69 Å². The Bertz CT molecular complexity index is 1460. The molecule has 3 heterocycles. The minimum atomic E-state index is -1.29. The van der Waals surface area contributed by atoms with Gasteiger partial charge in [0.05, 0.1) is 30.6 Å². The highest BCUT2D eigenvalue weighted by molar-refractivity contribution is 6.05. The van der Waals surface area contributed by atoms with Crippen LogP contribution in [0.25, 0.3) is 10.8 Å². The van der Waals surface area contributed by atoms with Crippen molar-refractivity contribution in [3.05, 3.63) is 91.0 Å². The van der Waals surface area contributed by atoms with E-state index in [1.807, 2.05) is 48.5 Å². The van der Waals surface area contributed by atoms with Crippen molar-refractivity contribution in [2.24, 2.45) is 11.8 Å². The number of benzene rings is 3. The molecule has 3 aliphatic heterocycles. The Morgan fingerprint density at radius 1 is 1.10 bits per heavy atom. The number of carboxylic acids is 1. The molecule has 8 heteroatoms. The van der Waals surface area contributed by atoms with E-state index in [4.69, 9.17) is 4.74 Å². The fourth-order valence-electron chi connectivity index (χ4n) is 6.96. The van der Waals surface area contributed by atoms with E-state index < -0.39 is 54.1 Å². The molecule has 3 aliphatic rings. The van der Waals surface area contributed by atoms with Crippen molar-refractivity contribution in [3.63, 3.8) is 0 Å². The molecule has 0 radical (unpaired) electrons. The van der Waals surface area contributed by atoms with Crippen molar-refractivity contribution in [1.82, 2.24) is 4.90 Å². The van der Waals surface area contributed by atoms with E-state index in [1.165, 1.54) is 4.90 Å². The number of anilines is 1. The average Bonchev–Trinajstić information content (AvgIpc) is 3.60. The number of amides is 2. The molecular weight excluding hydrogens is 496 g/mol. The minimum absolute atomic E-state index is 0.178. The number of nitrogens with zero attached hydrogens (tertiary/aromatic N) is 2. The molecule has 8 nitrogen and oxygen atoms in total. The van der Waals surface area contributed by atoms with Crippen LogP contribution in [0.15, 0.2) is 85.5 Å². The molecule has 39 heavy (non-hydrogen) atoms. The molecule has 3 aromatic rings. The summed E-state index contributed by atoms with van der Waals surface area (Å²) in [7, 11) is 0. The molecule has 200 valence electrons. The first-order valence-corrected chi connectivity index (χ1v) is 13.2. The van der Waals surface area contributed by atoms with E-state index >= 15 is 0 Å². The average molecular weight is 527 g/mol. The van der Waals surface area contributed by atoms with Crippen molar-refractivity contribution < 1.29 is 29.3 Å². The van der Waals surface area contributed by atoms with Gasteiger partial charge in [-0.2, -0.15) is 0 Å². The van der Waals surface area contributed by atoms with Gasteiger partial charge in [-0.3, -0.25) is 14.4 Å². The van der Waals surface area contributed by atoms with E-state index in [9.17, 15) is 24.6 Å². The third kappa shape index (κ3) is 3.78. The lowest BCUT2D eigenvalue weighted by molar-refractivity contribution is -0.151. The van der Waals surface area contributed by atoms with Crippen LogP contribution in [0.5, 0.6) is 0 Å². The normalized spacial score (nSPS) is 27.9. The van der Waals surface area contributed by atoms with Gasteiger partial charge >= 0.3 is 5.97 Å². The largest absolute Gasteiger partial charge is 0.481 e. The first-order valence-electron chi connectivity index (χ1n) is 13.2. The first kappa shape index (κ1) is 25.3. The summed E-state index contributed by atoms with van der Waals surface area (Å²) in [6, 6.07) is 20.6. The van der Waals surface area contributed by atoms with Gasteiger partial charge < -0.3 is 24.7 Å². The summed E-state index contributed by atoms with van der Waals surface area (Å²) in [6.07, 6.45) is 1.83. The summed E-state index contributed by atoms with van der Waals surface area (Å²) in [5, 5.41) is 22.6. The van der Waals surface area contributed by atoms with Crippen molar-refractivity contribution in [1.29, 1.82) is 0 Å². The quantitative estimate of drug-likeness (QED) is 0.435. The molecule has 0 aromatic heterocycles. The van der Waals surface area contributed by atoms with Crippen molar-refractivity contribution >= 4 is 34.2 Å². The number of carbonyl (C=O) groups excluding carboxylic acids is 2. The van der Waals surface area contributed by atoms with Gasteiger partial charge in [-0.15, -0.1) is 6.58 Å². The van der Waals surface area contributed by atoms with Gasteiger partial charge in [-0.25, -0.2) is 0 Å². The maximum absolute atomic E-state index is 14.7. The van der Waals surface area contributed by atoms with E-state index in [-0.39, 0.29) is 12.5 Å². The number of fused-ring (bicyclic) bond motifs is 2. The van der Waals surface area contributed by atoms with Crippen LogP contribution in [0.1, 0.15) is 24.4 Å². The summed E-state index contributed by atoms with van der Waals surface area (Å²) in [4.78, 5) is 44.1. The predicted molar refractivity (Wildman–Crippen MR) is 145 cm³/mol. The summed E-state index contributed by atoms with van der Waals surface area (Å²) < 4.78 is 6.36. The van der Waals surface area contributed by atoms with Crippen LogP contribution in [-0.2, 0) is 19.1 Å². The minimum Gasteiger partial charge on any atom is -0.481 e. The highest BCUT2D eigenvalue weighted by atomic mass is 16.5. The van der Waals surface area contributed by atoms with Gasteiger partial charge in [0.25, 0.3) is 5.91 Å². The number of carbonyl (C=O) groups is 3. The monoisotopic (exact) mass is 526 g/mol. The molecule has 6 atom stereocenters. The molecule has 3 aromatic carbocycles. The second-order valence-corrected chi connectivity index (χ2v) is 10.5. The topological polar surface area (TPSA) is 107 Å². The maximum atomic E-state index is 14.7. The summed E-state index contributed by atoms with van der Waals surface area (Å²) in [5.41, 5.74) is -0.00116. The summed E-state index contributed by atoms with van der Waals surface area (Å²) in [5.74, 6) is -4.02. The van der Waals surface area contributed by atoms with Crippen LogP contribution >= 0.6 is 0 Å².